The molecule has 0 fully saturated rings. The first-order valence-corrected chi connectivity index (χ1v) is 5.60. The van der Waals surface area contributed by atoms with E-state index in [0.717, 1.165) is 25.3 Å². The molecule has 0 rings (SSSR count). The molecule has 0 saturated carbocycles. The van der Waals surface area contributed by atoms with Gasteiger partial charge in [-0.05, 0) is 6.92 Å². The van der Waals surface area contributed by atoms with Gasteiger partial charge in [-0.25, -0.2) is 4.79 Å². The monoisotopic (exact) mass is 250 g/mol. The van der Waals surface area contributed by atoms with E-state index < -0.39 is 0 Å². The molecule has 0 radical (unpaired) electrons. The number of quaternary nitrogens is 1. The summed E-state index contributed by atoms with van der Waals surface area (Å²) in [7, 11) is 5.33. The third-order valence-corrected chi connectivity index (χ3v) is 2.32. The second-order valence-electron chi connectivity index (χ2n) is 3.88. The molecule has 0 aromatic heterocycles. The van der Waals surface area contributed by atoms with E-state index in [0.29, 0.717) is 16.8 Å². The Kier molecular flexibility index (Phi) is 7.40. The fourth-order valence-electron chi connectivity index (χ4n) is 0.883. The molecule has 16 heavy (non-hydrogen) atoms. The summed E-state index contributed by atoms with van der Waals surface area (Å²) in [6, 6.07) is 0. The Morgan fingerprint density at radius 2 is 2.06 bits per heavy atom. The highest BCUT2D eigenvalue weighted by Gasteiger charge is 2.18. The molecular formula is C10H20NO4S+. The van der Waals surface area contributed by atoms with Crippen molar-refractivity contribution in [2.45, 2.75) is 13.3 Å². The summed E-state index contributed by atoms with van der Waals surface area (Å²) >= 11 is 0.935. The average molecular weight is 250 g/mol. The molecule has 0 atom stereocenters. The van der Waals surface area contributed by atoms with Crippen LogP contribution in [0.1, 0.15) is 13.3 Å². The van der Waals surface area contributed by atoms with Crippen molar-refractivity contribution in [3.8, 4) is 0 Å². The first kappa shape index (κ1) is 15.4. The number of hydroxylamine groups is 3. The number of hydrogen-bond acceptors (Lipinski definition) is 5. The molecule has 5 nitrogen and oxygen atoms in total. The number of nitrogens with zero attached hydrogens (tertiary/aromatic N) is 1. The Morgan fingerprint density at radius 3 is 2.56 bits per heavy atom. The van der Waals surface area contributed by atoms with Crippen LogP contribution in [-0.2, 0) is 18.0 Å². The van der Waals surface area contributed by atoms with Crippen LogP contribution in [-0.4, -0.2) is 45.0 Å². The van der Waals surface area contributed by atoms with Gasteiger partial charge in [0.1, 0.15) is 6.54 Å². The Labute approximate surface area is 101 Å². The summed E-state index contributed by atoms with van der Waals surface area (Å²) in [4.78, 5) is 11.1. The Hall–Kier alpha value is -0.560. The Bertz CT molecular complexity index is 243. The zero-order valence-electron chi connectivity index (χ0n) is 10.3. The topological polar surface area (TPSA) is 44.8 Å². The van der Waals surface area contributed by atoms with Crippen LogP contribution in [0.3, 0.4) is 0 Å². The zero-order valence-corrected chi connectivity index (χ0v) is 11.1. The summed E-state index contributed by atoms with van der Waals surface area (Å²) in [6.07, 6.45) is 0.719. The predicted molar refractivity (Wildman–Crippen MR) is 63.1 cm³/mol. The van der Waals surface area contributed by atoms with E-state index in [-0.39, 0.29) is 5.97 Å². The van der Waals surface area contributed by atoms with E-state index in [4.69, 9.17) is 13.2 Å². The third-order valence-electron chi connectivity index (χ3n) is 1.72. The fourth-order valence-corrected chi connectivity index (χ4v) is 1.18. The van der Waals surface area contributed by atoms with E-state index in [9.17, 15) is 4.79 Å². The highest BCUT2D eigenvalue weighted by Crippen LogP contribution is 2.12. The van der Waals surface area contributed by atoms with Gasteiger partial charge >= 0.3 is 5.97 Å². The van der Waals surface area contributed by atoms with Crippen molar-refractivity contribution in [1.82, 2.24) is 0 Å². The average Bonchev–Trinajstić information content (AvgIpc) is 2.21. The number of carbonyl (C=O) groups excluding carboxylic acids is 1. The van der Waals surface area contributed by atoms with Crippen molar-refractivity contribution in [2.75, 3.05) is 34.4 Å². The van der Waals surface area contributed by atoms with Gasteiger partial charge < -0.3 is 4.74 Å². The number of ether oxygens (including phenoxy) is 1. The maximum Gasteiger partial charge on any atom is 0.333 e. The van der Waals surface area contributed by atoms with Crippen LogP contribution in [0.4, 0.5) is 0 Å². The van der Waals surface area contributed by atoms with Crippen LogP contribution in [0.15, 0.2) is 12.2 Å². The third kappa shape index (κ3) is 7.70. The van der Waals surface area contributed by atoms with E-state index in [2.05, 4.69) is 6.58 Å². The lowest BCUT2D eigenvalue weighted by Crippen LogP contribution is -2.38. The lowest BCUT2D eigenvalue weighted by atomic mass is 10.3. The van der Waals surface area contributed by atoms with Crippen molar-refractivity contribution in [3.63, 3.8) is 0 Å². The number of hydrogen-bond donors (Lipinski definition) is 0. The molecule has 0 aliphatic heterocycles. The van der Waals surface area contributed by atoms with Crippen LogP contribution in [0.25, 0.3) is 0 Å². The van der Waals surface area contributed by atoms with Crippen LogP contribution < -0.4 is 0 Å². The highest BCUT2D eigenvalue weighted by atomic mass is 32.2. The van der Waals surface area contributed by atoms with Crippen LogP contribution in [0, 0.1) is 0 Å². The van der Waals surface area contributed by atoms with Gasteiger partial charge in [0.2, 0.25) is 12.3 Å². The molecule has 0 aromatic carbocycles. The molecule has 0 unspecified atom stereocenters. The van der Waals surface area contributed by atoms with Gasteiger partial charge in [-0.15, -0.1) is 4.28 Å². The molecule has 0 spiro atoms. The molecule has 0 saturated heterocycles. The van der Waals surface area contributed by atoms with Crippen molar-refractivity contribution < 1.29 is 22.6 Å². The highest BCUT2D eigenvalue weighted by molar-refractivity contribution is 7.89. The van der Waals surface area contributed by atoms with E-state index in [1.165, 1.54) is 0 Å². The smallest absolute Gasteiger partial charge is 0.333 e. The molecule has 94 valence electrons. The maximum absolute atomic E-state index is 11.1. The van der Waals surface area contributed by atoms with Crippen molar-refractivity contribution in [3.05, 3.63) is 12.2 Å². The van der Waals surface area contributed by atoms with Gasteiger partial charge in [0.15, 0.2) is 0 Å². The van der Waals surface area contributed by atoms with Crippen LogP contribution in [0.2, 0.25) is 0 Å². The predicted octanol–water partition coefficient (Wildman–Crippen LogP) is 1.71. The molecule has 6 heteroatoms. The minimum atomic E-state index is -0.350. The molecule has 0 amide bonds. The first-order chi connectivity index (χ1) is 7.39. The van der Waals surface area contributed by atoms with Crippen molar-refractivity contribution >= 4 is 18.3 Å². The van der Waals surface area contributed by atoms with Crippen molar-refractivity contribution in [2.24, 2.45) is 0 Å². The second-order valence-corrected chi connectivity index (χ2v) is 4.50. The summed E-state index contributed by atoms with van der Waals surface area (Å²) < 4.78 is 15.3. The van der Waals surface area contributed by atoms with Gasteiger partial charge in [0.25, 0.3) is 0 Å². The standard InChI is InChI=1S/C10H20NO4S/c1-9(2)10(12)14-8-6-7-11(3,4)15-16-13-5/h1,6-8H2,2-5H3/q+1. The van der Waals surface area contributed by atoms with Gasteiger partial charge in [-0.2, -0.15) is 4.65 Å². The normalized spacial score (nSPS) is 11.2. The number of esters is 1. The Balaban J connectivity index is 3.64. The van der Waals surface area contributed by atoms with Gasteiger partial charge in [0, 0.05) is 12.0 Å². The Morgan fingerprint density at radius 1 is 1.44 bits per heavy atom. The minimum absolute atomic E-state index is 0.336. The first-order valence-electron chi connectivity index (χ1n) is 4.94. The molecule has 0 bridgehead atoms. The van der Waals surface area contributed by atoms with Crippen LogP contribution in [0.5, 0.6) is 0 Å². The quantitative estimate of drug-likeness (QED) is 0.164. The molecule has 0 aliphatic carbocycles. The summed E-state index contributed by atoms with van der Waals surface area (Å²) in [5, 5.41) is 0. The van der Waals surface area contributed by atoms with E-state index >= 15 is 0 Å². The van der Waals surface area contributed by atoms with Gasteiger partial charge in [-0.1, -0.05) is 6.58 Å². The molecule has 0 aromatic rings. The number of rotatable bonds is 8. The summed E-state index contributed by atoms with van der Waals surface area (Å²) in [5.74, 6) is -0.350. The largest absolute Gasteiger partial charge is 0.462 e. The number of carbonyl (C=O) groups is 1. The molecule has 0 heterocycles. The zero-order chi connectivity index (χ0) is 12.6. The van der Waals surface area contributed by atoms with E-state index in [1.807, 2.05) is 14.1 Å². The summed E-state index contributed by atoms with van der Waals surface area (Å²) in [5.41, 5.74) is 0.417. The summed E-state index contributed by atoms with van der Waals surface area (Å²) in [6.45, 7) is 6.22. The fraction of sp³-hybridized carbons (Fsp3) is 0.700. The SMILES string of the molecule is C=C(C)C(=O)OCCC[N+](C)(C)OSOC. The van der Waals surface area contributed by atoms with Gasteiger partial charge in [0.05, 0.1) is 27.8 Å². The van der Waals surface area contributed by atoms with E-state index in [1.54, 1.807) is 14.0 Å². The lowest BCUT2D eigenvalue weighted by molar-refractivity contribution is -1.05. The minimum Gasteiger partial charge on any atom is -0.462 e. The molecular weight excluding hydrogens is 230 g/mol. The van der Waals surface area contributed by atoms with Crippen LogP contribution >= 0.6 is 12.3 Å². The molecule has 0 N–H and O–H groups in total. The van der Waals surface area contributed by atoms with Crippen molar-refractivity contribution in [1.29, 1.82) is 0 Å². The second kappa shape index (κ2) is 7.67. The maximum atomic E-state index is 11.1. The molecule has 0 aliphatic rings. The lowest BCUT2D eigenvalue weighted by Gasteiger charge is -2.24. The van der Waals surface area contributed by atoms with Gasteiger partial charge in [-0.3, -0.25) is 4.18 Å².